The van der Waals surface area contributed by atoms with Crippen LogP contribution in [0, 0.1) is 18.3 Å². The van der Waals surface area contributed by atoms with Crippen molar-refractivity contribution < 1.29 is 13.2 Å². The molecule has 9 aromatic carbocycles. The number of para-hydroxylation sites is 2. The van der Waals surface area contributed by atoms with E-state index in [1.165, 1.54) is 6.07 Å². The van der Waals surface area contributed by atoms with Crippen LogP contribution in [0.1, 0.15) is 16.7 Å². The minimum atomic E-state index is -4.53. The van der Waals surface area contributed by atoms with Gasteiger partial charge in [0.2, 0.25) is 0 Å². The fourth-order valence-electron chi connectivity index (χ4n) is 9.72. The minimum absolute atomic E-state index is 0.445. The zero-order chi connectivity index (χ0) is 46.8. The summed E-state index contributed by atoms with van der Waals surface area (Å²) in [7, 11) is 0. The maximum absolute atomic E-state index is 14.4. The molecular formula is C60H37F3N6. The van der Waals surface area contributed by atoms with Gasteiger partial charge in [-0.2, -0.15) is 18.4 Å². The lowest BCUT2D eigenvalue weighted by molar-refractivity contribution is -0.137. The molecule has 0 aliphatic carbocycles. The van der Waals surface area contributed by atoms with Crippen molar-refractivity contribution in [2.24, 2.45) is 0 Å². The van der Waals surface area contributed by atoms with E-state index in [0.29, 0.717) is 44.9 Å². The molecule has 0 radical (unpaired) electrons. The normalized spacial score (nSPS) is 11.8. The first kappa shape index (κ1) is 41.3. The van der Waals surface area contributed by atoms with E-state index in [0.717, 1.165) is 83.7 Å². The smallest absolute Gasteiger partial charge is 0.309 e. The zero-order valence-electron chi connectivity index (χ0n) is 36.9. The Kier molecular flexibility index (Phi) is 9.78. The number of alkyl halides is 3. The molecule has 0 atom stereocenters. The molecule has 12 aromatic rings. The molecule has 0 fully saturated rings. The van der Waals surface area contributed by atoms with Gasteiger partial charge in [-0.25, -0.2) is 15.0 Å². The number of benzene rings is 9. The summed E-state index contributed by atoms with van der Waals surface area (Å²) in [5.74, 6) is 1.46. The Hall–Kier alpha value is -9.13. The number of fused-ring (bicyclic) bond motifs is 6. The first-order chi connectivity index (χ1) is 33.7. The Bertz CT molecular complexity index is 3970. The first-order valence-electron chi connectivity index (χ1n) is 22.5. The summed E-state index contributed by atoms with van der Waals surface area (Å²) in [6.45, 7) is 2.09. The average molecular weight is 899 g/mol. The van der Waals surface area contributed by atoms with E-state index in [4.69, 9.17) is 15.0 Å². The van der Waals surface area contributed by atoms with E-state index in [2.05, 4.69) is 70.7 Å². The lowest BCUT2D eigenvalue weighted by Gasteiger charge is -2.21. The Labute approximate surface area is 394 Å². The number of aromatic nitrogens is 5. The molecule has 69 heavy (non-hydrogen) atoms. The molecule has 0 unspecified atom stereocenters. The maximum Gasteiger partial charge on any atom is 0.416 e. The quantitative estimate of drug-likeness (QED) is 0.160. The summed E-state index contributed by atoms with van der Waals surface area (Å²) < 4.78 is 47.5. The van der Waals surface area contributed by atoms with Gasteiger partial charge >= 0.3 is 6.18 Å². The van der Waals surface area contributed by atoms with E-state index in [1.807, 2.05) is 140 Å². The van der Waals surface area contributed by atoms with Crippen LogP contribution in [-0.4, -0.2) is 24.1 Å². The summed E-state index contributed by atoms with van der Waals surface area (Å²) in [6.07, 6.45) is -4.53. The van der Waals surface area contributed by atoms with Crippen molar-refractivity contribution in [2.75, 3.05) is 0 Å². The first-order valence-corrected chi connectivity index (χ1v) is 22.5. The predicted molar refractivity (Wildman–Crippen MR) is 270 cm³/mol. The number of rotatable bonds is 7. The summed E-state index contributed by atoms with van der Waals surface area (Å²) in [6, 6.07) is 68.3. The SMILES string of the molecule is Cc1ccc2c(c1)c1ccccc1n2-c1cc(-c2ccccc2C#N)ccc1-c1cc(-c2nc(-c3ccccc3)nc(-c3ccccc3)n2)ccc1-n1c2ccccc2c2cc(C(F)(F)F)ccc21. The second-order valence-corrected chi connectivity index (χ2v) is 17.1. The average Bonchev–Trinajstić information content (AvgIpc) is 3.90. The molecule has 0 spiro atoms. The van der Waals surface area contributed by atoms with Gasteiger partial charge in [0, 0.05) is 49.4 Å². The van der Waals surface area contributed by atoms with Gasteiger partial charge in [0.05, 0.1) is 50.6 Å². The predicted octanol–water partition coefficient (Wildman–Crippen LogP) is 15.6. The number of halogens is 3. The van der Waals surface area contributed by atoms with Crippen LogP contribution < -0.4 is 0 Å². The van der Waals surface area contributed by atoms with Crippen LogP contribution in [0.15, 0.2) is 206 Å². The van der Waals surface area contributed by atoms with Gasteiger partial charge in [0.1, 0.15) is 0 Å². The summed E-state index contributed by atoms with van der Waals surface area (Å²) in [5.41, 5.74) is 11.4. The third-order valence-electron chi connectivity index (χ3n) is 12.9. The highest BCUT2D eigenvalue weighted by molar-refractivity contribution is 6.12. The van der Waals surface area contributed by atoms with Crippen LogP contribution >= 0.6 is 0 Å². The second kappa shape index (κ2) is 16.3. The largest absolute Gasteiger partial charge is 0.416 e. The Morgan fingerprint density at radius 2 is 0.928 bits per heavy atom. The standard InChI is InChI=1S/C60H37F3N6/c1-37-24-29-53-48(32-37)45-20-10-13-23-52(45)69(53)56-34-40(44-19-9-8-18-42(44)36-64)25-28-47(56)49-33-41(59-66-57(38-14-4-2-5-15-38)65-58(67-59)39-16-6-3-7-17-39)26-30-54(49)68-51-22-12-11-21-46(51)50-35-43(60(61,62)63)27-31-55(50)68/h2-35H,1H3. The van der Waals surface area contributed by atoms with E-state index in [1.54, 1.807) is 6.07 Å². The van der Waals surface area contributed by atoms with Gasteiger partial charge < -0.3 is 9.13 Å². The van der Waals surface area contributed by atoms with E-state index in [9.17, 15) is 18.4 Å². The van der Waals surface area contributed by atoms with Crippen molar-refractivity contribution in [3.8, 4) is 73.9 Å². The molecule has 0 aliphatic heterocycles. The Morgan fingerprint density at radius 3 is 1.57 bits per heavy atom. The highest BCUT2D eigenvalue weighted by atomic mass is 19.4. The van der Waals surface area contributed by atoms with Crippen molar-refractivity contribution in [3.05, 3.63) is 223 Å². The van der Waals surface area contributed by atoms with Crippen LogP contribution in [0.2, 0.25) is 0 Å². The van der Waals surface area contributed by atoms with Gasteiger partial charge in [0.25, 0.3) is 0 Å². The van der Waals surface area contributed by atoms with Gasteiger partial charge in [-0.3, -0.25) is 0 Å². The molecule has 0 bridgehead atoms. The molecular weight excluding hydrogens is 862 g/mol. The van der Waals surface area contributed by atoms with Crippen molar-refractivity contribution >= 4 is 43.6 Å². The number of hydrogen-bond acceptors (Lipinski definition) is 4. The van der Waals surface area contributed by atoms with E-state index >= 15 is 0 Å². The van der Waals surface area contributed by atoms with Crippen molar-refractivity contribution in [2.45, 2.75) is 13.1 Å². The number of aryl methyl sites for hydroxylation is 1. The van der Waals surface area contributed by atoms with Gasteiger partial charge in [0.15, 0.2) is 17.5 Å². The molecule has 0 saturated heterocycles. The second-order valence-electron chi connectivity index (χ2n) is 17.1. The molecule has 0 saturated carbocycles. The van der Waals surface area contributed by atoms with Crippen LogP contribution in [-0.2, 0) is 6.18 Å². The highest BCUT2D eigenvalue weighted by Gasteiger charge is 2.31. The summed E-state index contributed by atoms with van der Waals surface area (Å²) in [4.78, 5) is 15.2. The summed E-state index contributed by atoms with van der Waals surface area (Å²) in [5, 5.41) is 13.7. The fraction of sp³-hybridized carbons (Fsp3) is 0.0333. The number of hydrogen-bond donors (Lipinski definition) is 0. The van der Waals surface area contributed by atoms with E-state index in [-0.39, 0.29) is 0 Å². The third kappa shape index (κ3) is 7.09. The Morgan fingerprint density at radius 1 is 0.406 bits per heavy atom. The molecule has 0 aliphatic rings. The van der Waals surface area contributed by atoms with Crippen molar-refractivity contribution in [3.63, 3.8) is 0 Å². The lowest BCUT2D eigenvalue weighted by atomic mass is 9.93. The molecule has 0 amide bonds. The Balaban J connectivity index is 1.21. The van der Waals surface area contributed by atoms with E-state index < -0.39 is 11.7 Å². The molecule has 3 aromatic heterocycles. The van der Waals surface area contributed by atoms with Gasteiger partial charge in [-0.15, -0.1) is 0 Å². The van der Waals surface area contributed by atoms with Gasteiger partial charge in [-0.1, -0.05) is 139 Å². The number of nitrogens with zero attached hydrogens (tertiary/aromatic N) is 6. The minimum Gasteiger partial charge on any atom is -0.309 e. The molecule has 0 N–H and O–H groups in total. The fourth-order valence-corrected chi connectivity index (χ4v) is 9.72. The lowest BCUT2D eigenvalue weighted by Crippen LogP contribution is -2.05. The molecule has 9 heteroatoms. The summed E-state index contributed by atoms with van der Waals surface area (Å²) >= 11 is 0. The van der Waals surface area contributed by atoms with Crippen molar-refractivity contribution in [1.29, 1.82) is 5.26 Å². The molecule has 3 heterocycles. The molecule has 6 nitrogen and oxygen atoms in total. The maximum atomic E-state index is 14.4. The highest BCUT2D eigenvalue weighted by Crippen LogP contribution is 2.45. The molecule has 12 rings (SSSR count). The van der Waals surface area contributed by atoms with Crippen LogP contribution in [0.5, 0.6) is 0 Å². The van der Waals surface area contributed by atoms with Crippen LogP contribution in [0.4, 0.5) is 13.2 Å². The third-order valence-corrected chi connectivity index (χ3v) is 12.9. The van der Waals surface area contributed by atoms with Gasteiger partial charge in [-0.05, 0) is 90.8 Å². The van der Waals surface area contributed by atoms with Crippen LogP contribution in [0.25, 0.3) is 111 Å². The topological polar surface area (TPSA) is 72.3 Å². The monoisotopic (exact) mass is 898 g/mol. The molecule has 328 valence electrons. The van der Waals surface area contributed by atoms with Crippen LogP contribution in [0.3, 0.4) is 0 Å². The number of nitriles is 1. The zero-order valence-corrected chi connectivity index (χ0v) is 36.9. The van der Waals surface area contributed by atoms with Crippen molar-refractivity contribution in [1.82, 2.24) is 24.1 Å².